The van der Waals surface area contributed by atoms with Crippen molar-refractivity contribution in [2.24, 2.45) is 4.99 Å². The molecular weight excluding hydrogens is 529 g/mol. The fourth-order valence-electron chi connectivity index (χ4n) is 3.04. The lowest BCUT2D eigenvalue weighted by molar-refractivity contribution is -0.0520. The Morgan fingerprint density at radius 2 is 1.75 bits per heavy atom. The van der Waals surface area contributed by atoms with E-state index in [1.165, 1.54) is 5.56 Å². The van der Waals surface area contributed by atoms with Crippen LogP contribution in [0.15, 0.2) is 47.5 Å². The third-order valence-corrected chi connectivity index (χ3v) is 4.68. The molecule has 9 heteroatoms. The van der Waals surface area contributed by atoms with Gasteiger partial charge in [-0.25, -0.2) is 0 Å². The van der Waals surface area contributed by atoms with E-state index in [4.69, 9.17) is 9.47 Å². The van der Waals surface area contributed by atoms with Crippen LogP contribution in [0.4, 0.5) is 8.78 Å². The van der Waals surface area contributed by atoms with Crippen molar-refractivity contribution in [3.8, 4) is 11.5 Å². The highest BCUT2D eigenvalue weighted by molar-refractivity contribution is 14.0. The minimum atomic E-state index is -2.93. The highest BCUT2D eigenvalue weighted by Crippen LogP contribution is 2.32. The summed E-state index contributed by atoms with van der Waals surface area (Å²) in [6.45, 7) is 4.05. The molecule has 0 atom stereocenters. The largest absolute Gasteiger partial charge is 0.490 e. The molecule has 2 N–H and O–H groups in total. The van der Waals surface area contributed by atoms with Crippen LogP contribution in [0.2, 0.25) is 0 Å². The first-order valence-corrected chi connectivity index (χ1v) is 10.4. The van der Waals surface area contributed by atoms with Gasteiger partial charge in [0.15, 0.2) is 17.5 Å². The van der Waals surface area contributed by atoms with Gasteiger partial charge in [-0.15, -0.1) is 24.0 Å². The number of halogens is 3. The minimum absolute atomic E-state index is 0. The molecule has 0 aromatic heterocycles. The molecule has 0 bridgehead atoms. The zero-order chi connectivity index (χ0) is 22.6. The van der Waals surface area contributed by atoms with E-state index in [1.54, 1.807) is 32.2 Å². The van der Waals surface area contributed by atoms with Crippen molar-refractivity contribution in [2.45, 2.75) is 40.1 Å². The molecule has 0 saturated carbocycles. The highest BCUT2D eigenvalue weighted by Gasteiger charge is 2.16. The maximum atomic E-state index is 12.9. The number of nitrogens with one attached hydrogen (secondary N) is 2. The van der Waals surface area contributed by atoms with E-state index in [-0.39, 0.29) is 36.3 Å². The van der Waals surface area contributed by atoms with Crippen molar-refractivity contribution in [1.29, 1.82) is 0 Å². The summed E-state index contributed by atoms with van der Waals surface area (Å²) in [4.78, 5) is 6.46. The van der Waals surface area contributed by atoms with Crippen molar-refractivity contribution >= 4 is 29.9 Å². The average molecular weight is 562 g/mol. The molecule has 0 radical (unpaired) electrons. The van der Waals surface area contributed by atoms with Crippen molar-refractivity contribution in [2.75, 3.05) is 27.2 Å². The Kier molecular flexibility index (Phi) is 12.9. The summed E-state index contributed by atoms with van der Waals surface area (Å²) in [7, 11) is 3.75. The van der Waals surface area contributed by atoms with Gasteiger partial charge in [-0.05, 0) is 37.7 Å². The Labute approximate surface area is 206 Å². The number of benzene rings is 2. The second-order valence-corrected chi connectivity index (χ2v) is 6.99. The van der Waals surface area contributed by atoms with E-state index >= 15 is 0 Å². The molecule has 2 aromatic carbocycles. The number of ether oxygens (including phenoxy) is 2. The zero-order valence-corrected chi connectivity index (χ0v) is 21.4. The van der Waals surface area contributed by atoms with Crippen LogP contribution in [0.1, 0.15) is 30.5 Å². The fraction of sp³-hybridized carbons (Fsp3) is 0.435. The lowest BCUT2D eigenvalue weighted by Gasteiger charge is -2.17. The van der Waals surface area contributed by atoms with Crippen LogP contribution < -0.4 is 20.1 Å². The number of rotatable bonds is 11. The summed E-state index contributed by atoms with van der Waals surface area (Å²) in [5.41, 5.74) is 2.93. The number of aliphatic imine (C=N–C) groups is 1. The smallest absolute Gasteiger partial charge is 0.387 e. The lowest BCUT2D eigenvalue weighted by Crippen LogP contribution is -2.36. The van der Waals surface area contributed by atoms with Crippen LogP contribution in [0.3, 0.4) is 0 Å². The molecule has 32 heavy (non-hydrogen) atoms. The number of hydrogen-bond acceptors (Lipinski definition) is 4. The molecule has 0 aliphatic carbocycles. The molecular formula is C23H33F2IN4O2. The van der Waals surface area contributed by atoms with Gasteiger partial charge in [0.05, 0.1) is 6.61 Å². The predicted octanol–water partition coefficient (Wildman–Crippen LogP) is 4.62. The van der Waals surface area contributed by atoms with Gasteiger partial charge in [0.25, 0.3) is 0 Å². The maximum absolute atomic E-state index is 12.9. The molecule has 0 saturated heterocycles. The third-order valence-electron chi connectivity index (χ3n) is 4.68. The zero-order valence-electron chi connectivity index (χ0n) is 19.0. The fourth-order valence-corrected chi connectivity index (χ4v) is 3.04. The number of guanidine groups is 1. The second kappa shape index (κ2) is 14.8. The van der Waals surface area contributed by atoms with E-state index in [2.05, 4.69) is 52.7 Å². The Morgan fingerprint density at radius 1 is 1.06 bits per heavy atom. The van der Waals surface area contributed by atoms with Crippen LogP contribution in [0.25, 0.3) is 0 Å². The highest BCUT2D eigenvalue weighted by atomic mass is 127. The minimum Gasteiger partial charge on any atom is -0.490 e. The molecule has 2 rings (SSSR count). The topological polar surface area (TPSA) is 58.1 Å². The average Bonchev–Trinajstić information content (AvgIpc) is 2.75. The van der Waals surface area contributed by atoms with E-state index in [0.717, 1.165) is 18.7 Å². The SMILES string of the molecule is CCOc1cccc(CNC(=NC)NCc2cccc(CN(C)CC)c2)c1OC(F)F.I. The monoisotopic (exact) mass is 562 g/mol. The first-order chi connectivity index (χ1) is 15.0. The van der Waals surface area contributed by atoms with E-state index in [1.807, 2.05) is 6.07 Å². The van der Waals surface area contributed by atoms with E-state index < -0.39 is 6.61 Å². The van der Waals surface area contributed by atoms with Gasteiger partial charge in [0, 0.05) is 32.2 Å². The third kappa shape index (κ3) is 9.15. The van der Waals surface area contributed by atoms with Crippen LogP contribution in [-0.2, 0) is 19.6 Å². The molecule has 0 amide bonds. The summed E-state index contributed by atoms with van der Waals surface area (Å²) in [5.74, 6) is 0.884. The van der Waals surface area contributed by atoms with Gasteiger partial charge < -0.3 is 25.0 Å². The molecule has 2 aromatic rings. The predicted molar refractivity (Wildman–Crippen MR) is 135 cm³/mol. The number of para-hydroxylation sites is 1. The first-order valence-electron chi connectivity index (χ1n) is 10.4. The first kappa shape index (κ1) is 27.9. The summed E-state index contributed by atoms with van der Waals surface area (Å²) >= 11 is 0. The lowest BCUT2D eigenvalue weighted by atomic mass is 10.1. The van der Waals surface area contributed by atoms with Crippen molar-refractivity contribution in [3.63, 3.8) is 0 Å². The Hall–Kier alpha value is -2.14. The summed E-state index contributed by atoms with van der Waals surface area (Å²) in [6, 6.07) is 13.4. The van der Waals surface area contributed by atoms with Crippen LogP contribution in [-0.4, -0.2) is 44.7 Å². The van der Waals surface area contributed by atoms with E-state index in [0.29, 0.717) is 30.4 Å². The number of alkyl halides is 2. The molecule has 0 aliphatic rings. The molecule has 178 valence electrons. The standard InChI is InChI=1S/C23H32F2N4O2.HI/c1-5-29(4)16-18-10-7-9-17(13-18)14-27-23(26-3)28-15-19-11-8-12-20(30-6-2)21(19)31-22(24)25;/h7-13,22H,5-6,14-16H2,1-4H3,(H2,26,27,28);1H. The Bertz CT molecular complexity index is 852. The quantitative estimate of drug-likeness (QED) is 0.238. The Balaban J connectivity index is 0.00000512. The maximum Gasteiger partial charge on any atom is 0.387 e. The van der Waals surface area contributed by atoms with E-state index in [9.17, 15) is 8.78 Å². The molecule has 6 nitrogen and oxygen atoms in total. The van der Waals surface area contributed by atoms with Crippen molar-refractivity contribution < 1.29 is 18.3 Å². The second-order valence-electron chi connectivity index (χ2n) is 6.99. The Morgan fingerprint density at radius 3 is 2.41 bits per heavy atom. The van der Waals surface area contributed by atoms with Gasteiger partial charge >= 0.3 is 6.61 Å². The van der Waals surface area contributed by atoms with Gasteiger partial charge in [-0.1, -0.05) is 43.3 Å². The van der Waals surface area contributed by atoms with Crippen LogP contribution in [0, 0.1) is 0 Å². The van der Waals surface area contributed by atoms with Crippen LogP contribution in [0.5, 0.6) is 11.5 Å². The molecule has 0 fully saturated rings. The summed E-state index contributed by atoms with van der Waals surface area (Å²) in [6.07, 6.45) is 0. The van der Waals surface area contributed by atoms with Crippen LogP contribution >= 0.6 is 24.0 Å². The van der Waals surface area contributed by atoms with Crippen molar-refractivity contribution in [1.82, 2.24) is 15.5 Å². The van der Waals surface area contributed by atoms with Gasteiger partial charge in [-0.2, -0.15) is 8.78 Å². The van der Waals surface area contributed by atoms with Gasteiger partial charge in [0.1, 0.15) is 0 Å². The van der Waals surface area contributed by atoms with Crippen molar-refractivity contribution in [3.05, 3.63) is 59.2 Å². The number of hydrogen-bond donors (Lipinski definition) is 2. The normalized spacial score (nSPS) is 11.3. The molecule has 0 unspecified atom stereocenters. The summed E-state index contributed by atoms with van der Waals surface area (Å²) < 4.78 is 35.9. The molecule has 0 aliphatic heterocycles. The van der Waals surface area contributed by atoms with Gasteiger partial charge in [0.2, 0.25) is 0 Å². The van der Waals surface area contributed by atoms with Gasteiger partial charge in [-0.3, -0.25) is 4.99 Å². The number of nitrogens with zero attached hydrogens (tertiary/aromatic N) is 2. The summed E-state index contributed by atoms with van der Waals surface area (Å²) in [5, 5.41) is 6.40. The molecule has 0 heterocycles. The molecule has 0 spiro atoms.